The summed E-state index contributed by atoms with van der Waals surface area (Å²) in [5.74, 6) is -1.51. The van der Waals surface area contributed by atoms with Gasteiger partial charge in [-0.2, -0.15) is 0 Å². The molecular weight excluding hydrogens is 356 g/mol. The molecule has 0 atom stereocenters. The third kappa shape index (κ3) is 4.57. The maximum atomic E-state index is 12.3. The van der Waals surface area contributed by atoms with Gasteiger partial charge in [-0.05, 0) is 30.2 Å². The molecule has 5 heteroatoms. The van der Waals surface area contributed by atoms with E-state index in [2.05, 4.69) is 0 Å². The lowest BCUT2D eigenvalue weighted by molar-refractivity contribution is 0.0454. The van der Waals surface area contributed by atoms with E-state index in [4.69, 9.17) is 9.47 Å². The first-order chi connectivity index (χ1) is 13.6. The van der Waals surface area contributed by atoms with Crippen molar-refractivity contribution in [1.29, 1.82) is 0 Å². The molecule has 0 amide bonds. The van der Waals surface area contributed by atoms with Gasteiger partial charge in [-0.15, -0.1) is 0 Å². The molecule has 0 aromatic heterocycles. The number of carbonyl (C=O) groups excluding carboxylic acids is 2. The zero-order valence-electron chi connectivity index (χ0n) is 15.4. The van der Waals surface area contributed by atoms with E-state index in [0.717, 1.165) is 11.1 Å². The molecule has 3 aromatic carbocycles. The lowest BCUT2D eigenvalue weighted by Crippen LogP contribution is -2.10. The summed E-state index contributed by atoms with van der Waals surface area (Å²) in [7, 11) is 0. The molecule has 1 N–H and O–H groups in total. The lowest BCUT2D eigenvalue weighted by Gasteiger charge is -2.12. The van der Waals surface area contributed by atoms with Crippen LogP contribution in [0.3, 0.4) is 0 Å². The molecule has 0 saturated heterocycles. The number of rotatable bonds is 6. The van der Waals surface area contributed by atoms with Crippen molar-refractivity contribution in [1.82, 2.24) is 0 Å². The zero-order valence-corrected chi connectivity index (χ0v) is 15.4. The molecule has 5 nitrogen and oxygen atoms in total. The molecule has 0 aliphatic carbocycles. The summed E-state index contributed by atoms with van der Waals surface area (Å²) in [4.78, 5) is 24.6. The Labute approximate surface area is 163 Å². The fraction of sp³-hybridized carbons (Fsp3) is 0.130. The van der Waals surface area contributed by atoms with E-state index in [1.54, 1.807) is 6.92 Å². The number of ether oxygens (including phenoxy) is 2. The largest absolute Gasteiger partial charge is 0.507 e. The number of phenols is 1. The van der Waals surface area contributed by atoms with Gasteiger partial charge in [-0.1, -0.05) is 60.7 Å². The molecule has 0 spiro atoms. The zero-order chi connectivity index (χ0) is 19.9. The third-order valence-corrected chi connectivity index (χ3v) is 4.30. The highest BCUT2D eigenvalue weighted by Crippen LogP contribution is 2.27. The molecule has 0 aliphatic rings. The fourth-order valence-corrected chi connectivity index (χ4v) is 2.69. The van der Waals surface area contributed by atoms with Gasteiger partial charge >= 0.3 is 11.9 Å². The van der Waals surface area contributed by atoms with Crippen molar-refractivity contribution in [2.24, 2.45) is 0 Å². The van der Waals surface area contributed by atoms with Gasteiger partial charge in [0.05, 0.1) is 5.56 Å². The predicted molar refractivity (Wildman–Crippen MR) is 104 cm³/mol. The van der Waals surface area contributed by atoms with Crippen LogP contribution in [-0.2, 0) is 22.7 Å². The molecule has 3 aromatic rings. The summed E-state index contributed by atoms with van der Waals surface area (Å²) in [5, 5.41) is 10.4. The minimum absolute atomic E-state index is 0.00744. The van der Waals surface area contributed by atoms with Crippen LogP contribution in [0.15, 0.2) is 72.8 Å². The Kier molecular flexibility index (Phi) is 6.07. The van der Waals surface area contributed by atoms with E-state index in [1.807, 2.05) is 60.7 Å². The fourth-order valence-electron chi connectivity index (χ4n) is 2.69. The number of aromatic hydroxyl groups is 1. The minimum Gasteiger partial charge on any atom is -0.507 e. The number of phenolic OH excluding ortho intramolecular Hbond substituents is 1. The number of esters is 2. The van der Waals surface area contributed by atoms with Gasteiger partial charge in [0.15, 0.2) is 0 Å². The first kappa shape index (κ1) is 19.2. The SMILES string of the molecule is Cc1c(C(=O)OCc2ccccc2)ccc(C(=O)OCc2ccccc2)c1O. The molecule has 0 bridgehead atoms. The van der Waals surface area contributed by atoms with E-state index in [-0.39, 0.29) is 35.7 Å². The van der Waals surface area contributed by atoms with Crippen molar-refractivity contribution in [2.75, 3.05) is 0 Å². The Morgan fingerprint density at radius 2 is 1.14 bits per heavy atom. The smallest absolute Gasteiger partial charge is 0.342 e. The quantitative estimate of drug-likeness (QED) is 0.645. The average molecular weight is 376 g/mol. The van der Waals surface area contributed by atoms with Gasteiger partial charge in [0.25, 0.3) is 0 Å². The van der Waals surface area contributed by atoms with E-state index in [0.29, 0.717) is 0 Å². The third-order valence-electron chi connectivity index (χ3n) is 4.30. The maximum Gasteiger partial charge on any atom is 0.342 e. The van der Waals surface area contributed by atoms with Crippen molar-refractivity contribution >= 4 is 11.9 Å². The van der Waals surface area contributed by atoms with Crippen LogP contribution in [0, 0.1) is 6.92 Å². The first-order valence-electron chi connectivity index (χ1n) is 8.81. The van der Waals surface area contributed by atoms with E-state index in [9.17, 15) is 14.7 Å². The Hall–Kier alpha value is -3.60. The molecule has 0 saturated carbocycles. The second kappa shape index (κ2) is 8.86. The van der Waals surface area contributed by atoms with Crippen LogP contribution >= 0.6 is 0 Å². The van der Waals surface area contributed by atoms with Crippen LogP contribution in [-0.4, -0.2) is 17.0 Å². The van der Waals surface area contributed by atoms with Crippen molar-refractivity contribution in [3.63, 3.8) is 0 Å². The monoisotopic (exact) mass is 376 g/mol. The molecule has 0 radical (unpaired) electrons. The lowest BCUT2D eigenvalue weighted by atomic mass is 10.0. The number of hydrogen-bond donors (Lipinski definition) is 1. The van der Waals surface area contributed by atoms with Gasteiger partial charge < -0.3 is 14.6 Å². The molecule has 28 heavy (non-hydrogen) atoms. The van der Waals surface area contributed by atoms with E-state index >= 15 is 0 Å². The van der Waals surface area contributed by atoms with Gasteiger partial charge in [-0.25, -0.2) is 9.59 Å². The highest BCUT2D eigenvalue weighted by atomic mass is 16.5. The summed E-state index contributed by atoms with van der Waals surface area (Å²) >= 11 is 0. The molecular formula is C23H20O5. The van der Waals surface area contributed by atoms with Crippen LogP contribution in [0.4, 0.5) is 0 Å². The topological polar surface area (TPSA) is 72.8 Å². The highest BCUT2D eigenvalue weighted by Gasteiger charge is 2.20. The first-order valence-corrected chi connectivity index (χ1v) is 8.81. The van der Waals surface area contributed by atoms with Crippen molar-refractivity contribution < 1.29 is 24.2 Å². The van der Waals surface area contributed by atoms with Crippen LogP contribution in [0.5, 0.6) is 5.75 Å². The number of carbonyl (C=O) groups is 2. The molecule has 0 fully saturated rings. The van der Waals surface area contributed by atoms with Gasteiger partial charge in [0, 0.05) is 5.56 Å². The Balaban J connectivity index is 1.67. The van der Waals surface area contributed by atoms with Crippen molar-refractivity contribution in [2.45, 2.75) is 20.1 Å². The summed E-state index contributed by atoms with van der Waals surface area (Å²) < 4.78 is 10.5. The molecule has 0 unspecified atom stereocenters. The molecule has 3 rings (SSSR count). The Bertz CT molecular complexity index is 885. The van der Waals surface area contributed by atoms with Gasteiger partial charge in [0.1, 0.15) is 24.5 Å². The van der Waals surface area contributed by atoms with Crippen LogP contribution in [0.2, 0.25) is 0 Å². The molecule has 0 aliphatic heterocycles. The second-order valence-electron chi connectivity index (χ2n) is 6.26. The van der Waals surface area contributed by atoms with Gasteiger partial charge in [0.2, 0.25) is 0 Å². The van der Waals surface area contributed by atoms with E-state index < -0.39 is 11.9 Å². The van der Waals surface area contributed by atoms with Crippen LogP contribution in [0.25, 0.3) is 0 Å². The van der Waals surface area contributed by atoms with Crippen LogP contribution in [0.1, 0.15) is 37.4 Å². The van der Waals surface area contributed by atoms with Crippen LogP contribution < -0.4 is 0 Å². The Morgan fingerprint density at radius 3 is 1.64 bits per heavy atom. The molecule has 0 heterocycles. The summed E-state index contributed by atoms with van der Waals surface area (Å²) in [5.41, 5.74) is 2.18. The normalized spacial score (nSPS) is 10.3. The average Bonchev–Trinajstić information content (AvgIpc) is 2.73. The molecule has 142 valence electrons. The van der Waals surface area contributed by atoms with Gasteiger partial charge in [-0.3, -0.25) is 0 Å². The summed E-state index contributed by atoms with van der Waals surface area (Å²) in [6.45, 7) is 1.78. The minimum atomic E-state index is -0.659. The maximum absolute atomic E-state index is 12.3. The van der Waals surface area contributed by atoms with Crippen molar-refractivity contribution in [3.05, 3.63) is 101 Å². The number of benzene rings is 3. The van der Waals surface area contributed by atoms with E-state index in [1.165, 1.54) is 12.1 Å². The summed E-state index contributed by atoms with van der Waals surface area (Å²) in [6, 6.07) is 21.4. The summed E-state index contributed by atoms with van der Waals surface area (Å²) in [6.07, 6.45) is 0. The number of hydrogen-bond acceptors (Lipinski definition) is 5. The van der Waals surface area contributed by atoms with Crippen molar-refractivity contribution in [3.8, 4) is 5.75 Å². The second-order valence-corrected chi connectivity index (χ2v) is 6.26. The standard InChI is InChI=1S/C23H20O5/c1-16-19(22(25)27-14-17-8-4-2-5-9-17)12-13-20(21(16)24)23(26)28-15-18-10-6-3-7-11-18/h2-13,24H,14-15H2,1H3. The highest BCUT2D eigenvalue weighted by molar-refractivity contribution is 5.97. The Morgan fingerprint density at radius 1 is 0.714 bits per heavy atom. The predicted octanol–water partition coefficient (Wildman–Crippen LogP) is 4.41.